The number of hydrazone groups is 1. The van der Waals surface area contributed by atoms with Crippen molar-refractivity contribution in [1.29, 1.82) is 0 Å². The van der Waals surface area contributed by atoms with E-state index in [4.69, 9.17) is 23.2 Å². The Morgan fingerprint density at radius 1 is 0.958 bits per heavy atom. The van der Waals surface area contributed by atoms with Crippen LogP contribution in [0.15, 0.2) is 65.8 Å². The number of amides is 1. The van der Waals surface area contributed by atoms with Gasteiger partial charge in [0.05, 0.1) is 16.3 Å². The van der Waals surface area contributed by atoms with Crippen LogP contribution in [-0.4, -0.2) is 11.6 Å². The lowest BCUT2D eigenvalue weighted by molar-refractivity contribution is 0.0955. The normalized spacial score (nSPS) is 11.5. The van der Waals surface area contributed by atoms with Crippen LogP contribution in [0.2, 0.25) is 10.0 Å². The predicted molar refractivity (Wildman–Crippen MR) is 100 cm³/mol. The standard InChI is InChI=1S/C19H14Cl2N2O/c1-12(14-7-6-13-4-2-3-5-15(13)10-14)22-23-19(24)17-9-8-16(20)11-18(17)21/h2-11H,1H3,(H,23,24)/b22-12+. The smallest absolute Gasteiger partial charge is 0.267 e. The van der Waals surface area contributed by atoms with Crippen LogP contribution in [0.4, 0.5) is 0 Å². The van der Waals surface area contributed by atoms with Crippen LogP contribution < -0.4 is 5.43 Å². The summed E-state index contributed by atoms with van der Waals surface area (Å²) < 4.78 is 0. The number of carbonyl (C=O) groups excluding carboxylic acids is 1. The molecule has 1 N–H and O–H groups in total. The molecule has 0 heterocycles. The fourth-order valence-corrected chi connectivity index (χ4v) is 2.84. The van der Waals surface area contributed by atoms with Crippen LogP contribution in [0.3, 0.4) is 0 Å². The highest BCUT2D eigenvalue weighted by molar-refractivity contribution is 6.36. The minimum atomic E-state index is -0.378. The van der Waals surface area contributed by atoms with Crippen molar-refractivity contribution in [1.82, 2.24) is 5.43 Å². The van der Waals surface area contributed by atoms with Crippen molar-refractivity contribution in [3.05, 3.63) is 81.8 Å². The number of halogens is 2. The molecular weight excluding hydrogens is 343 g/mol. The summed E-state index contributed by atoms with van der Waals surface area (Å²) in [7, 11) is 0. The van der Waals surface area contributed by atoms with Crippen LogP contribution in [0, 0.1) is 0 Å². The highest BCUT2D eigenvalue weighted by Gasteiger charge is 2.10. The maximum atomic E-state index is 12.2. The molecule has 0 aromatic heterocycles. The van der Waals surface area contributed by atoms with E-state index >= 15 is 0 Å². The molecule has 120 valence electrons. The average Bonchev–Trinajstić information content (AvgIpc) is 2.59. The second kappa shape index (κ2) is 7.04. The van der Waals surface area contributed by atoms with Crippen LogP contribution >= 0.6 is 23.2 Å². The summed E-state index contributed by atoms with van der Waals surface area (Å²) in [6, 6.07) is 18.8. The van der Waals surface area contributed by atoms with Crippen LogP contribution in [-0.2, 0) is 0 Å². The molecule has 0 atom stereocenters. The highest BCUT2D eigenvalue weighted by atomic mass is 35.5. The Bertz CT molecular complexity index is 951. The zero-order valence-electron chi connectivity index (χ0n) is 12.9. The van der Waals surface area contributed by atoms with E-state index < -0.39 is 0 Å². The zero-order chi connectivity index (χ0) is 17.1. The molecule has 3 aromatic rings. The molecule has 0 bridgehead atoms. The van der Waals surface area contributed by atoms with Gasteiger partial charge < -0.3 is 0 Å². The SMILES string of the molecule is C/C(=N\NC(=O)c1ccc(Cl)cc1Cl)c1ccc2ccccc2c1. The summed E-state index contributed by atoms with van der Waals surface area (Å²) in [5.74, 6) is -0.378. The molecule has 0 fully saturated rings. The van der Waals surface area contributed by atoms with Crippen molar-refractivity contribution in [2.75, 3.05) is 0 Å². The van der Waals surface area contributed by atoms with Crippen LogP contribution in [0.25, 0.3) is 10.8 Å². The maximum Gasteiger partial charge on any atom is 0.272 e. The van der Waals surface area contributed by atoms with E-state index in [1.165, 1.54) is 6.07 Å². The van der Waals surface area contributed by atoms with Gasteiger partial charge in [-0.15, -0.1) is 0 Å². The minimum Gasteiger partial charge on any atom is -0.267 e. The molecule has 0 radical (unpaired) electrons. The molecule has 3 aromatic carbocycles. The second-order valence-electron chi connectivity index (χ2n) is 5.32. The zero-order valence-corrected chi connectivity index (χ0v) is 14.4. The first-order chi connectivity index (χ1) is 11.5. The quantitative estimate of drug-likeness (QED) is 0.502. The second-order valence-corrected chi connectivity index (χ2v) is 6.17. The molecule has 0 saturated heterocycles. The summed E-state index contributed by atoms with van der Waals surface area (Å²) in [4.78, 5) is 12.2. The van der Waals surface area contributed by atoms with Gasteiger partial charge in [0, 0.05) is 5.02 Å². The largest absolute Gasteiger partial charge is 0.272 e. The number of fused-ring (bicyclic) bond motifs is 1. The number of benzene rings is 3. The molecule has 0 unspecified atom stereocenters. The van der Waals surface area contributed by atoms with Gasteiger partial charge in [0.2, 0.25) is 0 Å². The molecule has 24 heavy (non-hydrogen) atoms. The van der Waals surface area contributed by atoms with Crippen molar-refractivity contribution in [2.45, 2.75) is 6.92 Å². The summed E-state index contributed by atoms with van der Waals surface area (Å²) in [6.07, 6.45) is 0. The molecular formula is C19H14Cl2N2O. The molecule has 3 rings (SSSR count). The summed E-state index contributed by atoms with van der Waals surface area (Å²) in [6.45, 7) is 1.84. The lowest BCUT2D eigenvalue weighted by Crippen LogP contribution is -2.19. The Kier molecular flexibility index (Phi) is 4.84. The number of nitrogens with one attached hydrogen (secondary N) is 1. The van der Waals surface area contributed by atoms with Crippen molar-refractivity contribution in [2.24, 2.45) is 5.10 Å². The molecule has 0 saturated carbocycles. The number of hydrogen-bond acceptors (Lipinski definition) is 2. The van der Waals surface area contributed by atoms with Gasteiger partial charge in [-0.3, -0.25) is 4.79 Å². The number of hydrogen-bond donors (Lipinski definition) is 1. The highest BCUT2D eigenvalue weighted by Crippen LogP contribution is 2.21. The third kappa shape index (κ3) is 3.58. The molecule has 0 aliphatic heterocycles. The number of rotatable bonds is 3. The topological polar surface area (TPSA) is 41.5 Å². The Labute approximate surface area is 149 Å². The van der Waals surface area contributed by atoms with Gasteiger partial charge in [-0.05, 0) is 47.5 Å². The Morgan fingerprint density at radius 2 is 1.71 bits per heavy atom. The molecule has 0 aliphatic rings. The fraction of sp³-hybridized carbons (Fsp3) is 0.0526. The molecule has 1 amide bonds. The van der Waals surface area contributed by atoms with E-state index in [2.05, 4.69) is 16.6 Å². The summed E-state index contributed by atoms with van der Waals surface area (Å²) in [5, 5.41) is 7.22. The first-order valence-electron chi connectivity index (χ1n) is 7.33. The lowest BCUT2D eigenvalue weighted by Gasteiger charge is -2.06. The van der Waals surface area contributed by atoms with Gasteiger partial charge in [0.1, 0.15) is 0 Å². The Hall–Kier alpha value is -2.36. The van der Waals surface area contributed by atoms with Gasteiger partial charge in [-0.1, -0.05) is 59.6 Å². The van der Waals surface area contributed by atoms with E-state index in [-0.39, 0.29) is 5.91 Å². The summed E-state index contributed by atoms with van der Waals surface area (Å²) in [5.41, 5.74) is 4.51. The van der Waals surface area contributed by atoms with Gasteiger partial charge in [0.25, 0.3) is 5.91 Å². The van der Waals surface area contributed by atoms with E-state index in [1.54, 1.807) is 12.1 Å². The van der Waals surface area contributed by atoms with Crippen molar-refractivity contribution in [3.63, 3.8) is 0 Å². The third-order valence-electron chi connectivity index (χ3n) is 3.67. The molecule has 5 heteroatoms. The molecule has 0 spiro atoms. The van der Waals surface area contributed by atoms with Gasteiger partial charge in [0.15, 0.2) is 0 Å². The van der Waals surface area contributed by atoms with E-state index in [0.29, 0.717) is 21.3 Å². The van der Waals surface area contributed by atoms with Crippen molar-refractivity contribution >= 4 is 45.6 Å². The summed E-state index contributed by atoms with van der Waals surface area (Å²) >= 11 is 11.9. The van der Waals surface area contributed by atoms with Crippen molar-refractivity contribution < 1.29 is 4.79 Å². The van der Waals surface area contributed by atoms with Gasteiger partial charge in [-0.25, -0.2) is 5.43 Å². The Morgan fingerprint density at radius 3 is 2.46 bits per heavy atom. The van der Waals surface area contributed by atoms with E-state index in [1.807, 2.05) is 43.3 Å². The van der Waals surface area contributed by atoms with Gasteiger partial charge >= 0.3 is 0 Å². The number of nitrogens with zero attached hydrogens (tertiary/aromatic N) is 1. The monoisotopic (exact) mass is 356 g/mol. The van der Waals surface area contributed by atoms with Crippen LogP contribution in [0.1, 0.15) is 22.8 Å². The van der Waals surface area contributed by atoms with Gasteiger partial charge in [-0.2, -0.15) is 5.10 Å². The lowest BCUT2D eigenvalue weighted by atomic mass is 10.0. The first-order valence-corrected chi connectivity index (χ1v) is 8.09. The van der Waals surface area contributed by atoms with Crippen LogP contribution in [0.5, 0.6) is 0 Å². The predicted octanol–water partition coefficient (Wildman–Crippen LogP) is 5.30. The van der Waals surface area contributed by atoms with E-state index in [9.17, 15) is 4.79 Å². The van der Waals surface area contributed by atoms with Crippen molar-refractivity contribution in [3.8, 4) is 0 Å². The Balaban J connectivity index is 1.80. The minimum absolute atomic E-state index is 0.290. The number of carbonyl (C=O) groups is 1. The molecule has 3 nitrogen and oxygen atoms in total. The first kappa shape index (κ1) is 16.5. The molecule has 0 aliphatic carbocycles. The fourth-order valence-electron chi connectivity index (χ4n) is 2.35. The maximum absolute atomic E-state index is 12.2. The third-order valence-corrected chi connectivity index (χ3v) is 4.22. The average molecular weight is 357 g/mol. The van der Waals surface area contributed by atoms with E-state index in [0.717, 1.165) is 16.3 Å².